The number of halogens is 1. The van der Waals surface area contributed by atoms with Crippen LogP contribution < -0.4 is 4.90 Å². The molecule has 112 valence electrons. The predicted octanol–water partition coefficient (Wildman–Crippen LogP) is 4.70. The molecule has 0 amide bonds. The summed E-state index contributed by atoms with van der Waals surface area (Å²) < 4.78 is 0.362. The van der Waals surface area contributed by atoms with Crippen LogP contribution in [0.15, 0.2) is 30.5 Å². The van der Waals surface area contributed by atoms with Gasteiger partial charge in [0.15, 0.2) is 0 Å². The van der Waals surface area contributed by atoms with E-state index in [0.717, 1.165) is 30.2 Å². The Morgan fingerprint density at radius 1 is 1.24 bits per heavy atom. The number of thioether (sulfide) groups is 1. The summed E-state index contributed by atoms with van der Waals surface area (Å²) in [6.07, 6.45) is 3.12. The largest absolute Gasteiger partial charge is 0.355 e. The molecule has 1 aromatic carbocycles. The molecule has 0 radical (unpaired) electrons. The summed E-state index contributed by atoms with van der Waals surface area (Å²) in [6.45, 7) is 6.80. The molecule has 0 atom stereocenters. The number of hydrogen-bond acceptors (Lipinski definition) is 3. The zero-order chi connectivity index (χ0) is 14.9. The molecule has 2 nitrogen and oxygen atoms in total. The van der Waals surface area contributed by atoms with Crippen LogP contribution >= 0.6 is 23.4 Å². The van der Waals surface area contributed by atoms with Gasteiger partial charge in [0.25, 0.3) is 0 Å². The Morgan fingerprint density at radius 2 is 2.00 bits per heavy atom. The molecule has 1 aliphatic heterocycles. The van der Waals surface area contributed by atoms with Crippen molar-refractivity contribution < 1.29 is 0 Å². The second-order valence-corrected chi connectivity index (χ2v) is 8.20. The molecule has 1 fully saturated rings. The third-order valence-electron chi connectivity index (χ3n) is 4.14. The minimum atomic E-state index is 0.362. The first-order chi connectivity index (χ1) is 10.1. The van der Waals surface area contributed by atoms with Gasteiger partial charge in [0.2, 0.25) is 0 Å². The molecular formula is C17H21ClN2S. The van der Waals surface area contributed by atoms with E-state index in [-0.39, 0.29) is 0 Å². The second kappa shape index (κ2) is 6.05. The summed E-state index contributed by atoms with van der Waals surface area (Å²) in [6, 6.07) is 8.47. The Bertz CT molecular complexity index is 642. The Labute approximate surface area is 135 Å². The molecule has 0 unspecified atom stereocenters. The summed E-state index contributed by atoms with van der Waals surface area (Å²) in [5, 5.41) is 2.45. The highest BCUT2D eigenvalue weighted by Gasteiger charge is 2.25. The van der Waals surface area contributed by atoms with E-state index in [4.69, 9.17) is 16.6 Å². The second-order valence-electron chi connectivity index (χ2n) is 6.13. The van der Waals surface area contributed by atoms with Gasteiger partial charge in [-0.1, -0.05) is 38.1 Å². The monoisotopic (exact) mass is 320 g/mol. The minimum Gasteiger partial charge on any atom is -0.355 e. The molecule has 1 saturated heterocycles. The van der Waals surface area contributed by atoms with Gasteiger partial charge in [-0.3, -0.25) is 0 Å². The topological polar surface area (TPSA) is 16.1 Å². The zero-order valence-electron chi connectivity index (χ0n) is 12.6. The van der Waals surface area contributed by atoms with Crippen molar-refractivity contribution in [2.24, 2.45) is 0 Å². The average molecular weight is 321 g/mol. The first kappa shape index (κ1) is 15.0. The molecule has 2 heterocycles. The molecule has 0 bridgehead atoms. The first-order valence-corrected chi connectivity index (χ1v) is 8.94. The highest BCUT2D eigenvalue weighted by atomic mass is 35.5. The molecule has 0 N–H and O–H groups in total. The number of rotatable bonds is 2. The summed E-state index contributed by atoms with van der Waals surface area (Å²) >= 11 is 8.11. The van der Waals surface area contributed by atoms with E-state index in [1.807, 2.05) is 6.20 Å². The molecule has 3 rings (SSSR count). The number of benzene rings is 1. The first-order valence-electron chi connectivity index (χ1n) is 7.42. The average Bonchev–Trinajstić information content (AvgIpc) is 2.67. The van der Waals surface area contributed by atoms with E-state index in [1.54, 1.807) is 0 Å². The number of hydrogen-bond donors (Lipinski definition) is 0. The van der Waals surface area contributed by atoms with Crippen LogP contribution in [0.25, 0.3) is 10.8 Å². The lowest BCUT2D eigenvalue weighted by atomic mass is 10.1. The Hall–Kier alpha value is -0.930. The fourth-order valence-corrected chi connectivity index (χ4v) is 4.14. The van der Waals surface area contributed by atoms with Crippen LogP contribution in [0.5, 0.6) is 0 Å². The van der Waals surface area contributed by atoms with Gasteiger partial charge >= 0.3 is 0 Å². The summed E-state index contributed by atoms with van der Waals surface area (Å²) in [5.41, 5.74) is 1.11. The summed E-state index contributed by atoms with van der Waals surface area (Å²) in [7, 11) is 0. The van der Waals surface area contributed by atoms with Crippen LogP contribution in [-0.2, 0) is 5.88 Å². The van der Waals surface area contributed by atoms with Crippen molar-refractivity contribution >= 4 is 40.0 Å². The number of alkyl halides is 1. The molecule has 4 heteroatoms. The van der Waals surface area contributed by atoms with Gasteiger partial charge in [-0.2, -0.15) is 11.8 Å². The molecular weight excluding hydrogens is 300 g/mol. The smallest absolute Gasteiger partial charge is 0.136 e. The van der Waals surface area contributed by atoms with Crippen LogP contribution in [0.2, 0.25) is 0 Å². The number of fused-ring (bicyclic) bond motifs is 1. The van der Waals surface area contributed by atoms with Crippen molar-refractivity contribution in [3.05, 3.63) is 36.0 Å². The van der Waals surface area contributed by atoms with Crippen molar-refractivity contribution in [3.63, 3.8) is 0 Å². The molecule has 0 saturated carbocycles. The number of aromatic nitrogens is 1. The van der Waals surface area contributed by atoms with Gasteiger partial charge in [-0.05, 0) is 17.4 Å². The quantitative estimate of drug-likeness (QED) is 0.746. The highest BCUT2D eigenvalue weighted by Crippen LogP contribution is 2.34. The third-order valence-corrected chi connectivity index (χ3v) is 5.80. The van der Waals surface area contributed by atoms with Gasteiger partial charge in [0.05, 0.1) is 0 Å². The fraction of sp³-hybridized carbons (Fsp3) is 0.471. The lowest BCUT2D eigenvalue weighted by Gasteiger charge is -2.24. The van der Waals surface area contributed by atoms with Crippen LogP contribution in [0, 0.1) is 0 Å². The Balaban J connectivity index is 2.01. The van der Waals surface area contributed by atoms with Crippen molar-refractivity contribution in [1.29, 1.82) is 0 Å². The van der Waals surface area contributed by atoms with E-state index in [0.29, 0.717) is 10.6 Å². The summed E-state index contributed by atoms with van der Waals surface area (Å²) in [5.74, 6) is 2.77. The molecule has 0 aliphatic carbocycles. The van der Waals surface area contributed by atoms with E-state index in [1.165, 1.54) is 17.2 Å². The molecule has 0 spiro atoms. The highest BCUT2D eigenvalue weighted by molar-refractivity contribution is 8.00. The lowest BCUT2D eigenvalue weighted by Crippen LogP contribution is -2.28. The van der Waals surface area contributed by atoms with Gasteiger partial charge in [-0.15, -0.1) is 11.6 Å². The summed E-state index contributed by atoms with van der Waals surface area (Å²) in [4.78, 5) is 7.16. The Morgan fingerprint density at radius 3 is 2.76 bits per heavy atom. The van der Waals surface area contributed by atoms with Crippen molar-refractivity contribution in [1.82, 2.24) is 4.98 Å². The van der Waals surface area contributed by atoms with E-state index < -0.39 is 0 Å². The van der Waals surface area contributed by atoms with Gasteiger partial charge in [-0.25, -0.2) is 4.98 Å². The maximum atomic E-state index is 6.05. The van der Waals surface area contributed by atoms with Gasteiger partial charge in [0.1, 0.15) is 5.82 Å². The SMILES string of the molecule is CC1(C)CCN(c2ncc(CCl)c3ccccc23)CCS1. The third kappa shape index (κ3) is 3.14. The number of nitrogens with zero attached hydrogens (tertiary/aromatic N) is 2. The molecule has 21 heavy (non-hydrogen) atoms. The van der Waals surface area contributed by atoms with Crippen molar-refractivity contribution in [3.8, 4) is 0 Å². The maximum absolute atomic E-state index is 6.05. The van der Waals surface area contributed by atoms with E-state index >= 15 is 0 Å². The van der Waals surface area contributed by atoms with Crippen LogP contribution in [-0.4, -0.2) is 28.6 Å². The molecule has 1 aromatic heterocycles. The maximum Gasteiger partial charge on any atom is 0.136 e. The number of pyridine rings is 1. The van der Waals surface area contributed by atoms with Gasteiger partial charge in [0, 0.05) is 41.1 Å². The number of anilines is 1. The standard InChI is InChI=1S/C17H21ClN2S/c1-17(2)7-8-20(9-10-21-17)16-15-6-4-3-5-14(15)13(11-18)12-19-16/h3-6,12H,7-11H2,1-2H3. The van der Waals surface area contributed by atoms with Crippen LogP contribution in [0.1, 0.15) is 25.8 Å². The molecule has 1 aliphatic rings. The van der Waals surface area contributed by atoms with Crippen molar-refractivity contribution in [2.75, 3.05) is 23.7 Å². The normalized spacial score (nSPS) is 18.7. The molecule has 2 aromatic rings. The van der Waals surface area contributed by atoms with E-state index in [9.17, 15) is 0 Å². The minimum absolute atomic E-state index is 0.362. The lowest BCUT2D eigenvalue weighted by molar-refractivity contribution is 0.636. The van der Waals surface area contributed by atoms with E-state index in [2.05, 4.69) is 54.8 Å². The van der Waals surface area contributed by atoms with Gasteiger partial charge < -0.3 is 4.90 Å². The van der Waals surface area contributed by atoms with Crippen LogP contribution in [0.3, 0.4) is 0 Å². The Kier molecular flexibility index (Phi) is 4.32. The fourth-order valence-electron chi connectivity index (χ4n) is 2.83. The van der Waals surface area contributed by atoms with Crippen molar-refractivity contribution in [2.45, 2.75) is 30.9 Å². The predicted molar refractivity (Wildman–Crippen MR) is 94.7 cm³/mol. The van der Waals surface area contributed by atoms with Crippen LogP contribution in [0.4, 0.5) is 5.82 Å². The zero-order valence-corrected chi connectivity index (χ0v) is 14.2.